The summed E-state index contributed by atoms with van der Waals surface area (Å²) in [6.45, 7) is 18.4. The van der Waals surface area contributed by atoms with E-state index in [1.807, 2.05) is 42.5 Å². The highest BCUT2D eigenvalue weighted by Gasteiger charge is 2.37. The molecule has 1 aliphatic rings. The van der Waals surface area contributed by atoms with E-state index in [1.54, 1.807) is 0 Å². The van der Waals surface area contributed by atoms with Crippen LogP contribution in [0.25, 0.3) is 4.85 Å². The Morgan fingerprint density at radius 2 is 1.77 bits per heavy atom. The van der Waals surface area contributed by atoms with Gasteiger partial charge in [-0.05, 0) is 43.5 Å². The van der Waals surface area contributed by atoms with Crippen LogP contribution in [0.15, 0.2) is 42.5 Å². The van der Waals surface area contributed by atoms with Crippen molar-refractivity contribution in [2.24, 2.45) is 5.92 Å². The van der Waals surface area contributed by atoms with E-state index < -0.39 is 5.41 Å². The molecule has 5 nitrogen and oxygen atoms in total. The van der Waals surface area contributed by atoms with Gasteiger partial charge in [-0.1, -0.05) is 38.1 Å². The van der Waals surface area contributed by atoms with E-state index in [9.17, 15) is 5.26 Å². The summed E-state index contributed by atoms with van der Waals surface area (Å²) in [4.78, 5) is 9.55. The lowest BCUT2D eigenvalue weighted by Crippen LogP contribution is -2.47. The van der Waals surface area contributed by atoms with E-state index in [1.165, 1.54) is 11.3 Å². The van der Waals surface area contributed by atoms with Gasteiger partial charge in [0.25, 0.3) is 0 Å². The maximum absolute atomic E-state index is 10.1. The molecule has 3 rings (SSSR count). The fourth-order valence-electron chi connectivity index (χ4n) is 4.19. The lowest BCUT2D eigenvalue weighted by Gasteiger charge is -2.36. The number of thiophene rings is 1. The molecule has 0 amide bonds. The van der Waals surface area contributed by atoms with Crippen molar-refractivity contribution in [2.45, 2.75) is 32.1 Å². The van der Waals surface area contributed by atoms with Crippen LogP contribution in [0.5, 0.6) is 5.75 Å². The van der Waals surface area contributed by atoms with Crippen LogP contribution in [0, 0.1) is 23.8 Å². The largest absolute Gasteiger partial charge is 0.492 e. The number of piperazine rings is 1. The van der Waals surface area contributed by atoms with Crippen LogP contribution in [0.2, 0.25) is 0 Å². The monoisotopic (exact) mass is 436 g/mol. The van der Waals surface area contributed by atoms with Gasteiger partial charge >= 0.3 is 0 Å². The minimum absolute atomic E-state index is 0.219. The molecule has 2 heterocycles. The number of para-hydroxylation sites is 1. The normalized spacial score (nSPS) is 17.1. The van der Waals surface area contributed by atoms with E-state index in [4.69, 9.17) is 11.3 Å². The van der Waals surface area contributed by atoms with Gasteiger partial charge in [0.15, 0.2) is 0 Å². The first-order valence-electron chi connectivity index (χ1n) is 11.1. The molecule has 31 heavy (non-hydrogen) atoms. The van der Waals surface area contributed by atoms with Crippen LogP contribution in [-0.4, -0.2) is 55.7 Å². The molecule has 1 unspecified atom stereocenters. The average Bonchev–Trinajstić information content (AvgIpc) is 3.28. The molecule has 0 spiro atoms. The molecule has 1 saturated heterocycles. The Balaban J connectivity index is 1.42. The Morgan fingerprint density at radius 3 is 2.35 bits per heavy atom. The molecule has 1 atom stereocenters. The fraction of sp³-hybridized carbons (Fsp3) is 0.520. The van der Waals surface area contributed by atoms with Crippen molar-refractivity contribution in [1.29, 1.82) is 5.26 Å². The third-order valence-electron chi connectivity index (χ3n) is 6.26. The fourth-order valence-corrected chi connectivity index (χ4v) is 5.30. The number of ether oxygens (including phenoxy) is 1. The molecular weight excluding hydrogens is 404 g/mol. The van der Waals surface area contributed by atoms with Crippen LogP contribution < -0.4 is 4.74 Å². The molecule has 2 aromatic rings. The Labute approximate surface area is 190 Å². The quantitative estimate of drug-likeness (QED) is 0.481. The lowest BCUT2D eigenvalue weighted by molar-refractivity contribution is 0.114. The highest BCUT2D eigenvalue weighted by Crippen LogP contribution is 2.42. The number of rotatable bonds is 10. The number of nitriles is 1. The summed E-state index contributed by atoms with van der Waals surface area (Å²) in [5.41, 5.74) is -0.496. The minimum Gasteiger partial charge on any atom is -0.492 e. The zero-order valence-electron chi connectivity index (χ0n) is 18.6. The SMILES string of the molecule is [C-]#[N+]c1ccc(C(C#N)(CCCN2CCN(CCOc3ccccc3)CC2)C(C)C)s1. The summed E-state index contributed by atoms with van der Waals surface area (Å²) < 4.78 is 5.82. The van der Waals surface area contributed by atoms with Crippen molar-refractivity contribution in [1.82, 2.24) is 9.80 Å². The summed E-state index contributed by atoms with van der Waals surface area (Å²) in [6, 6.07) is 16.4. The molecule has 1 aliphatic heterocycles. The highest BCUT2D eigenvalue weighted by molar-refractivity contribution is 7.16. The van der Waals surface area contributed by atoms with Crippen LogP contribution in [0.1, 0.15) is 31.6 Å². The first kappa shape index (κ1) is 23.3. The molecule has 1 fully saturated rings. The van der Waals surface area contributed by atoms with Gasteiger partial charge in [0.2, 0.25) is 5.00 Å². The molecule has 0 aliphatic carbocycles. The maximum Gasteiger partial charge on any atom is 0.241 e. The predicted molar refractivity (Wildman–Crippen MR) is 127 cm³/mol. The summed E-state index contributed by atoms with van der Waals surface area (Å²) in [5, 5.41) is 10.7. The molecule has 0 bridgehead atoms. The van der Waals surface area contributed by atoms with Gasteiger partial charge < -0.3 is 9.64 Å². The summed E-state index contributed by atoms with van der Waals surface area (Å²) >= 11 is 1.48. The van der Waals surface area contributed by atoms with Gasteiger partial charge in [-0.2, -0.15) is 16.6 Å². The van der Waals surface area contributed by atoms with Crippen molar-refractivity contribution < 1.29 is 4.74 Å². The number of nitrogens with zero attached hydrogens (tertiary/aromatic N) is 4. The molecule has 0 N–H and O–H groups in total. The second-order valence-electron chi connectivity index (χ2n) is 8.44. The maximum atomic E-state index is 10.1. The Hall–Kier alpha value is -2.38. The van der Waals surface area contributed by atoms with E-state index in [-0.39, 0.29) is 5.92 Å². The molecule has 0 saturated carbocycles. The molecular formula is C25H32N4OS. The van der Waals surface area contributed by atoms with Crippen LogP contribution in [0.3, 0.4) is 0 Å². The molecule has 0 radical (unpaired) electrons. The van der Waals surface area contributed by atoms with Crippen LogP contribution in [0.4, 0.5) is 5.00 Å². The third-order valence-corrected chi connectivity index (χ3v) is 7.41. The molecule has 1 aromatic carbocycles. The zero-order chi connectivity index (χ0) is 22.1. The Bertz CT molecular complexity index is 890. The number of hydrogen-bond acceptors (Lipinski definition) is 5. The van der Waals surface area contributed by atoms with Crippen LogP contribution in [-0.2, 0) is 5.41 Å². The minimum atomic E-state index is -0.496. The van der Waals surface area contributed by atoms with Crippen molar-refractivity contribution >= 4 is 16.3 Å². The van der Waals surface area contributed by atoms with E-state index in [2.05, 4.69) is 34.6 Å². The van der Waals surface area contributed by atoms with Crippen molar-refractivity contribution in [3.8, 4) is 11.8 Å². The summed E-state index contributed by atoms with van der Waals surface area (Å²) in [6.07, 6.45) is 1.83. The first-order chi connectivity index (χ1) is 15.1. The van der Waals surface area contributed by atoms with Gasteiger partial charge in [0.05, 0.1) is 18.1 Å². The van der Waals surface area contributed by atoms with E-state index in [0.29, 0.717) is 5.00 Å². The zero-order valence-corrected chi connectivity index (χ0v) is 19.4. The van der Waals surface area contributed by atoms with Crippen molar-refractivity contribution in [2.75, 3.05) is 45.9 Å². The van der Waals surface area contributed by atoms with Crippen molar-refractivity contribution in [3.05, 3.63) is 58.8 Å². The predicted octanol–water partition coefficient (Wildman–Crippen LogP) is 5.19. The smallest absolute Gasteiger partial charge is 0.241 e. The van der Waals surface area contributed by atoms with Gasteiger partial charge in [0.1, 0.15) is 12.4 Å². The third kappa shape index (κ3) is 6.08. The van der Waals surface area contributed by atoms with Crippen molar-refractivity contribution in [3.63, 3.8) is 0 Å². The standard InChI is InChI=1S/C25H32N4OS/c1-21(2)25(20-26,23-10-11-24(27-3)31-23)12-7-13-28-14-16-29(17-15-28)18-19-30-22-8-5-4-6-9-22/h4-6,8-11,21H,7,12-19H2,1-2H3. The summed E-state index contributed by atoms with van der Waals surface area (Å²) in [5.74, 6) is 1.15. The molecule has 6 heteroatoms. The Morgan fingerprint density at radius 1 is 1.10 bits per heavy atom. The average molecular weight is 437 g/mol. The van der Waals surface area contributed by atoms with Gasteiger partial charge in [-0.25, -0.2) is 4.85 Å². The van der Waals surface area contributed by atoms with Gasteiger partial charge in [-0.3, -0.25) is 4.90 Å². The number of benzene rings is 1. The molecule has 1 aromatic heterocycles. The molecule has 164 valence electrons. The Kier molecular flexibility index (Phi) is 8.49. The van der Waals surface area contributed by atoms with Gasteiger partial charge in [-0.15, -0.1) is 0 Å². The topological polar surface area (TPSA) is 43.9 Å². The summed E-state index contributed by atoms with van der Waals surface area (Å²) in [7, 11) is 0. The number of hydrogen-bond donors (Lipinski definition) is 0. The first-order valence-corrected chi connectivity index (χ1v) is 11.9. The van der Waals surface area contributed by atoms with E-state index in [0.717, 1.165) is 69.3 Å². The lowest BCUT2D eigenvalue weighted by atomic mass is 9.73. The second kappa shape index (κ2) is 11.3. The van der Waals surface area contributed by atoms with Crippen LogP contribution >= 0.6 is 11.3 Å². The van der Waals surface area contributed by atoms with Gasteiger partial charge in [0, 0.05) is 37.6 Å². The second-order valence-corrected chi connectivity index (χ2v) is 9.50. The van der Waals surface area contributed by atoms with E-state index >= 15 is 0 Å². The highest BCUT2D eigenvalue weighted by atomic mass is 32.1.